The van der Waals surface area contributed by atoms with Gasteiger partial charge >= 0.3 is 0 Å². The number of Topliss-reactive ketones (excluding diaryl/α,β-unsaturated/α-hetero) is 1. The molecule has 4 aliphatic rings. The summed E-state index contributed by atoms with van der Waals surface area (Å²) in [4.78, 5) is 14.0. The van der Waals surface area contributed by atoms with E-state index in [1.165, 1.54) is 32.1 Å². The van der Waals surface area contributed by atoms with Crippen molar-refractivity contribution in [2.75, 3.05) is 0 Å². The molecule has 10 atom stereocenters. The zero-order valence-corrected chi connectivity index (χ0v) is 19.5. The van der Waals surface area contributed by atoms with Crippen LogP contribution in [0.1, 0.15) is 94.4 Å². The Morgan fingerprint density at radius 1 is 0.889 bits per heavy atom. The fourth-order valence-corrected chi connectivity index (χ4v) is 9.81. The molecule has 0 N–H and O–H groups in total. The summed E-state index contributed by atoms with van der Waals surface area (Å²) in [6, 6.07) is 0. The van der Waals surface area contributed by atoms with E-state index >= 15 is 0 Å². The first-order valence-corrected chi connectivity index (χ1v) is 11.9. The number of hydrogen-bond acceptors (Lipinski definition) is 1. The largest absolute Gasteiger partial charge is 0.299 e. The van der Waals surface area contributed by atoms with Crippen molar-refractivity contribution in [2.45, 2.75) is 94.4 Å². The molecule has 4 rings (SSSR count). The molecular formula is C26H44O. The van der Waals surface area contributed by atoms with Gasteiger partial charge < -0.3 is 0 Å². The van der Waals surface area contributed by atoms with Gasteiger partial charge in [-0.1, -0.05) is 62.3 Å². The van der Waals surface area contributed by atoms with Crippen molar-refractivity contribution in [3.8, 4) is 0 Å². The fraction of sp³-hybridized carbons (Fsp3) is 0.962. The minimum absolute atomic E-state index is 0.109. The summed E-state index contributed by atoms with van der Waals surface area (Å²) in [6.45, 7) is 22.2. The first-order valence-electron chi connectivity index (χ1n) is 11.9. The monoisotopic (exact) mass is 372 g/mol. The van der Waals surface area contributed by atoms with Crippen LogP contribution in [0.25, 0.3) is 0 Å². The third kappa shape index (κ3) is 2.10. The highest BCUT2D eigenvalue weighted by Crippen LogP contribution is 2.75. The predicted molar refractivity (Wildman–Crippen MR) is 113 cm³/mol. The van der Waals surface area contributed by atoms with Crippen molar-refractivity contribution in [1.82, 2.24) is 0 Å². The topological polar surface area (TPSA) is 17.1 Å². The average molecular weight is 373 g/mol. The number of fused-ring (bicyclic) bond motifs is 5. The number of ketones is 1. The smallest absolute Gasteiger partial charge is 0.142 e. The maximum absolute atomic E-state index is 14.0. The Morgan fingerprint density at radius 3 is 2.15 bits per heavy atom. The molecule has 0 aliphatic heterocycles. The number of rotatable bonds is 0. The van der Waals surface area contributed by atoms with E-state index in [1.54, 1.807) is 0 Å². The summed E-state index contributed by atoms with van der Waals surface area (Å²) in [6.07, 6.45) is 6.55. The number of carbonyl (C=O) groups excluding carboxylic acids is 1. The molecule has 0 spiro atoms. The standard InChI is InChI=1S/C26H44O/c1-15-12-17(3)25(8)21-18(4)22(27)26(9)20(10-11-23(26,5)6)19(21)13-16(2)24(25,7)14-15/h15-21H,10-14H2,1-9H3. The van der Waals surface area contributed by atoms with E-state index in [0.717, 1.165) is 23.7 Å². The van der Waals surface area contributed by atoms with E-state index in [4.69, 9.17) is 0 Å². The Hall–Kier alpha value is -0.330. The van der Waals surface area contributed by atoms with Crippen molar-refractivity contribution in [3.05, 3.63) is 0 Å². The van der Waals surface area contributed by atoms with Gasteiger partial charge in [-0.3, -0.25) is 4.79 Å². The highest BCUT2D eigenvalue weighted by Gasteiger charge is 2.71. The summed E-state index contributed by atoms with van der Waals surface area (Å²) < 4.78 is 0. The van der Waals surface area contributed by atoms with E-state index < -0.39 is 0 Å². The molecular weight excluding hydrogens is 328 g/mol. The Morgan fingerprint density at radius 2 is 1.52 bits per heavy atom. The Kier molecular flexibility index (Phi) is 4.16. The van der Waals surface area contributed by atoms with Gasteiger partial charge in [-0.05, 0) is 83.9 Å². The molecule has 27 heavy (non-hydrogen) atoms. The van der Waals surface area contributed by atoms with Gasteiger partial charge in [-0.15, -0.1) is 0 Å². The summed E-state index contributed by atoms with van der Waals surface area (Å²) in [5.41, 5.74) is 0.723. The fourth-order valence-electron chi connectivity index (χ4n) is 9.81. The van der Waals surface area contributed by atoms with Crippen molar-refractivity contribution in [3.63, 3.8) is 0 Å². The third-order valence-electron chi connectivity index (χ3n) is 11.9. The molecule has 0 bridgehead atoms. The van der Waals surface area contributed by atoms with Gasteiger partial charge in [0.05, 0.1) is 0 Å². The van der Waals surface area contributed by atoms with Gasteiger partial charge in [-0.2, -0.15) is 0 Å². The maximum Gasteiger partial charge on any atom is 0.142 e. The van der Waals surface area contributed by atoms with Crippen LogP contribution in [0.2, 0.25) is 0 Å². The van der Waals surface area contributed by atoms with Crippen LogP contribution in [-0.2, 0) is 4.79 Å². The van der Waals surface area contributed by atoms with Crippen LogP contribution in [-0.4, -0.2) is 5.78 Å². The van der Waals surface area contributed by atoms with E-state index in [0.29, 0.717) is 28.4 Å². The summed E-state index contributed by atoms with van der Waals surface area (Å²) >= 11 is 0. The molecule has 0 aromatic carbocycles. The van der Waals surface area contributed by atoms with Crippen molar-refractivity contribution in [2.24, 2.45) is 63.1 Å². The van der Waals surface area contributed by atoms with E-state index in [-0.39, 0.29) is 16.7 Å². The van der Waals surface area contributed by atoms with Gasteiger partial charge in [0.15, 0.2) is 0 Å². The Labute approximate surface area is 168 Å². The van der Waals surface area contributed by atoms with Crippen LogP contribution in [0.4, 0.5) is 0 Å². The molecule has 0 aromatic rings. The highest BCUT2D eigenvalue weighted by molar-refractivity contribution is 5.89. The first-order chi connectivity index (χ1) is 12.3. The Bertz CT molecular complexity index is 649. The lowest BCUT2D eigenvalue weighted by Crippen LogP contribution is -2.67. The van der Waals surface area contributed by atoms with Crippen LogP contribution < -0.4 is 0 Å². The minimum Gasteiger partial charge on any atom is -0.299 e. The van der Waals surface area contributed by atoms with Crippen LogP contribution >= 0.6 is 0 Å². The maximum atomic E-state index is 14.0. The summed E-state index contributed by atoms with van der Waals surface area (Å²) in [5, 5.41) is 0. The normalized spacial score (nSPS) is 59.7. The second kappa shape index (κ2) is 5.63. The molecule has 4 fully saturated rings. The van der Waals surface area contributed by atoms with E-state index in [1.807, 2.05) is 0 Å². The van der Waals surface area contributed by atoms with Gasteiger partial charge in [-0.25, -0.2) is 0 Å². The molecule has 0 radical (unpaired) electrons. The SMILES string of the molecule is CC1CC(C)C2(C)C3C(C)C(=O)C4(C)C(CCC4(C)C)C3CC(C)C2(C)C1. The molecule has 10 unspecified atom stereocenters. The average Bonchev–Trinajstić information content (AvgIpc) is 2.80. The third-order valence-corrected chi connectivity index (χ3v) is 11.9. The van der Waals surface area contributed by atoms with Gasteiger partial charge in [0.2, 0.25) is 0 Å². The summed E-state index contributed by atoms with van der Waals surface area (Å²) in [7, 11) is 0. The van der Waals surface area contributed by atoms with Gasteiger partial charge in [0, 0.05) is 11.3 Å². The quantitative estimate of drug-likeness (QED) is 0.447. The minimum atomic E-state index is -0.109. The van der Waals surface area contributed by atoms with Crippen LogP contribution in [0.15, 0.2) is 0 Å². The predicted octanol–water partition coefficient (Wildman–Crippen LogP) is 7.00. The second-order valence-corrected chi connectivity index (χ2v) is 12.9. The van der Waals surface area contributed by atoms with E-state index in [2.05, 4.69) is 62.3 Å². The van der Waals surface area contributed by atoms with Gasteiger partial charge in [0.25, 0.3) is 0 Å². The molecule has 0 saturated heterocycles. The Balaban J connectivity index is 1.86. The molecule has 154 valence electrons. The highest BCUT2D eigenvalue weighted by atomic mass is 16.1. The molecule has 0 amide bonds. The zero-order valence-electron chi connectivity index (χ0n) is 19.5. The van der Waals surface area contributed by atoms with E-state index in [9.17, 15) is 4.79 Å². The van der Waals surface area contributed by atoms with Crippen molar-refractivity contribution < 1.29 is 4.79 Å². The molecule has 0 aromatic heterocycles. The lowest BCUT2D eigenvalue weighted by atomic mass is 9.33. The number of carbonyl (C=O) groups is 1. The van der Waals surface area contributed by atoms with Crippen LogP contribution in [0.3, 0.4) is 0 Å². The van der Waals surface area contributed by atoms with Crippen LogP contribution in [0, 0.1) is 63.1 Å². The lowest BCUT2D eigenvalue weighted by molar-refractivity contribution is -0.223. The molecule has 1 heteroatoms. The molecule has 1 nitrogen and oxygen atoms in total. The molecule has 4 saturated carbocycles. The first kappa shape index (κ1) is 20.0. The lowest BCUT2D eigenvalue weighted by Gasteiger charge is -2.70. The molecule has 0 heterocycles. The van der Waals surface area contributed by atoms with Gasteiger partial charge in [0.1, 0.15) is 5.78 Å². The van der Waals surface area contributed by atoms with Crippen molar-refractivity contribution in [1.29, 1.82) is 0 Å². The number of hydrogen-bond donors (Lipinski definition) is 0. The van der Waals surface area contributed by atoms with Crippen molar-refractivity contribution >= 4 is 5.78 Å². The molecule has 4 aliphatic carbocycles. The zero-order chi connectivity index (χ0) is 20.2. The van der Waals surface area contributed by atoms with Crippen LogP contribution in [0.5, 0.6) is 0 Å². The summed E-state index contributed by atoms with van der Waals surface area (Å²) in [5.74, 6) is 5.08. The second-order valence-electron chi connectivity index (χ2n) is 12.9.